The van der Waals surface area contributed by atoms with Crippen molar-refractivity contribution in [2.24, 2.45) is 11.7 Å². The van der Waals surface area contributed by atoms with Crippen LogP contribution < -0.4 is 11.1 Å². The van der Waals surface area contributed by atoms with Crippen LogP contribution in [0.1, 0.15) is 45.4 Å². The largest absolute Gasteiger partial charge is 0.352 e. The van der Waals surface area contributed by atoms with Crippen LogP contribution in [0.4, 0.5) is 0 Å². The molecule has 3 atom stereocenters. The summed E-state index contributed by atoms with van der Waals surface area (Å²) < 4.78 is 0. The van der Waals surface area contributed by atoms with Gasteiger partial charge in [-0.25, -0.2) is 0 Å². The molecule has 104 valence electrons. The van der Waals surface area contributed by atoms with Gasteiger partial charge >= 0.3 is 0 Å². The summed E-state index contributed by atoms with van der Waals surface area (Å²) >= 11 is 0. The molecule has 0 aromatic heterocycles. The minimum absolute atomic E-state index is 0.189. The summed E-state index contributed by atoms with van der Waals surface area (Å²) in [5.74, 6) is 0.820. The quantitative estimate of drug-likeness (QED) is 0.789. The van der Waals surface area contributed by atoms with Gasteiger partial charge in [0, 0.05) is 18.6 Å². The molecule has 2 rings (SSSR count). The first kappa shape index (κ1) is 13.8. The third-order valence-corrected chi connectivity index (χ3v) is 4.58. The number of nitrogens with one attached hydrogen (secondary N) is 1. The molecule has 18 heavy (non-hydrogen) atoms. The SMILES string of the molecule is CC1CCCCC1NC(=O)CN1CCCC1CN. The van der Waals surface area contributed by atoms with Gasteiger partial charge in [-0.15, -0.1) is 0 Å². The zero-order valence-corrected chi connectivity index (χ0v) is 11.5. The minimum atomic E-state index is 0.189. The summed E-state index contributed by atoms with van der Waals surface area (Å²) in [6, 6.07) is 0.810. The molecule has 2 aliphatic rings. The van der Waals surface area contributed by atoms with Crippen molar-refractivity contribution in [2.75, 3.05) is 19.6 Å². The maximum absolute atomic E-state index is 12.1. The molecule has 0 bridgehead atoms. The first-order valence-electron chi connectivity index (χ1n) is 7.44. The average molecular weight is 253 g/mol. The number of rotatable bonds is 4. The Morgan fingerprint density at radius 1 is 1.28 bits per heavy atom. The maximum atomic E-state index is 12.1. The topological polar surface area (TPSA) is 58.4 Å². The summed E-state index contributed by atoms with van der Waals surface area (Å²) in [5.41, 5.74) is 5.73. The molecule has 1 heterocycles. The van der Waals surface area contributed by atoms with E-state index in [4.69, 9.17) is 5.73 Å². The Morgan fingerprint density at radius 3 is 2.78 bits per heavy atom. The summed E-state index contributed by atoms with van der Waals surface area (Å²) in [5, 5.41) is 3.22. The Morgan fingerprint density at radius 2 is 2.06 bits per heavy atom. The van der Waals surface area contributed by atoms with E-state index in [1.165, 1.54) is 25.7 Å². The van der Waals surface area contributed by atoms with Gasteiger partial charge in [-0.1, -0.05) is 19.8 Å². The molecule has 0 aromatic carbocycles. The normalized spacial score (nSPS) is 33.6. The molecular weight excluding hydrogens is 226 g/mol. The van der Waals surface area contributed by atoms with Gasteiger partial charge in [0.2, 0.25) is 5.91 Å². The predicted octanol–water partition coefficient (Wildman–Crippen LogP) is 1.10. The molecule has 0 spiro atoms. The molecule has 3 N–H and O–H groups in total. The highest BCUT2D eigenvalue weighted by Crippen LogP contribution is 2.23. The third-order valence-electron chi connectivity index (χ3n) is 4.58. The van der Waals surface area contributed by atoms with Crippen molar-refractivity contribution in [3.05, 3.63) is 0 Å². The minimum Gasteiger partial charge on any atom is -0.352 e. The second-order valence-electron chi connectivity index (χ2n) is 5.94. The van der Waals surface area contributed by atoms with Crippen molar-refractivity contribution in [1.29, 1.82) is 0 Å². The van der Waals surface area contributed by atoms with Crippen LogP contribution in [0.5, 0.6) is 0 Å². The molecule has 1 aliphatic heterocycles. The van der Waals surface area contributed by atoms with Crippen LogP contribution in [0, 0.1) is 5.92 Å². The van der Waals surface area contributed by atoms with Crippen LogP contribution in [-0.4, -0.2) is 42.5 Å². The lowest BCUT2D eigenvalue weighted by Crippen LogP contribution is -2.47. The molecule has 2 fully saturated rings. The molecule has 1 amide bonds. The summed E-state index contributed by atoms with van der Waals surface area (Å²) in [4.78, 5) is 14.3. The highest BCUT2D eigenvalue weighted by Gasteiger charge is 2.27. The first-order valence-corrected chi connectivity index (χ1v) is 7.44. The summed E-state index contributed by atoms with van der Waals surface area (Å²) in [6.07, 6.45) is 7.28. The monoisotopic (exact) mass is 253 g/mol. The van der Waals surface area contributed by atoms with Crippen LogP contribution in [0.3, 0.4) is 0 Å². The summed E-state index contributed by atoms with van der Waals surface area (Å²) in [6.45, 7) is 4.48. The van der Waals surface area contributed by atoms with Crippen LogP contribution in [0.2, 0.25) is 0 Å². The van der Waals surface area contributed by atoms with Crippen molar-refractivity contribution in [1.82, 2.24) is 10.2 Å². The van der Waals surface area contributed by atoms with Gasteiger partial charge in [0.25, 0.3) is 0 Å². The number of amides is 1. The van der Waals surface area contributed by atoms with Gasteiger partial charge < -0.3 is 11.1 Å². The number of nitrogens with two attached hydrogens (primary N) is 1. The molecule has 1 saturated carbocycles. The number of carbonyl (C=O) groups is 1. The molecule has 0 radical (unpaired) electrons. The molecule has 1 aliphatic carbocycles. The Kier molecular flexibility index (Phi) is 5.01. The van der Waals surface area contributed by atoms with E-state index in [9.17, 15) is 4.79 Å². The zero-order chi connectivity index (χ0) is 13.0. The highest BCUT2D eigenvalue weighted by atomic mass is 16.2. The molecular formula is C14H27N3O. The van der Waals surface area contributed by atoms with Crippen LogP contribution in [0.15, 0.2) is 0 Å². The Balaban J connectivity index is 1.77. The molecule has 3 unspecified atom stereocenters. The van der Waals surface area contributed by atoms with Crippen molar-refractivity contribution in [3.63, 3.8) is 0 Å². The predicted molar refractivity (Wildman–Crippen MR) is 73.2 cm³/mol. The van der Waals surface area contributed by atoms with Crippen molar-refractivity contribution in [3.8, 4) is 0 Å². The van der Waals surface area contributed by atoms with Crippen LogP contribution >= 0.6 is 0 Å². The number of carbonyl (C=O) groups excluding carboxylic acids is 1. The first-order chi connectivity index (χ1) is 8.70. The molecule has 4 nitrogen and oxygen atoms in total. The van der Waals surface area contributed by atoms with E-state index < -0.39 is 0 Å². The van der Waals surface area contributed by atoms with Gasteiger partial charge in [-0.2, -0.15) is 0 Å². The van der Waals surface area contributed by atoms with Crippen LogP contribution in [-0.2, 0) is 4.79 Å². The number of likely N-dealkylation sites (tertiary alicyclic amines) is 1. The fourth-order valence-corrected chi connectivity index (χ4v) is 3.34. The Hall–Kier alpha value is -0.610. The van der Waals surface area contributed by atoms with Gasteiger partial charge in [0.15, 0.2) is 0 Å². The van der Waals surface area contributed by atoms with Crippen molar-refractivity contribution in [2.45, 2.75) is 57.5 Å². The summed E-state index contributed by atoms with van der Waals surface area (Å²) in [7, 11) is 0. The lowest BCUT2D eigenvalue weighted by molar-refractivity contribution is -0.123. The maximum Gasteiger partial charge on any atom is 0.234 e. The van der Waals surface area contributed by atoms with E-state index in [1.807, 2.05) is 0 Å². The van der Waals surface area contributed by atoms with E-state index >= 15 is 0 Å². The van der Waals surface area contributed by atoms with Gasteiger partial charge in [-0.3, -0.25) is 9.69 Å². The van der Waals surface area contributed by atoms with E-state index in [2.05, 4.69) is 17.1 Å². The Bertz CT molecular complexity index is 276. The smallest absolute Gasteiger partial charge is 0.234 e. The van der Waals surface area contributed by atoms with E-state index in [1.54, 1.807) is 0 Å². The van der Waals surface area contributed by atoms with Gasteiger partial charge in [0.1, 0.15) is 0 Å². The highest BCUT2D eigenvalue weighted by molar-refractivity contribution is 5.78. The van der Waals surface area contributed by atoms with Crippen molar-refractivity contribution >= 4 is 5.91 Å². The third kappa shape index (κ3) is 3.45. The number of nitrogens with zero attached hydrogens (tertiary/aromatic N) is 1. The standard InChI is InChI=1S/C14H27N3O/c1-11-5-2-3-7-13(11)16-14(18)10-17-8-4-6-12(17)9-15/h11-13H,2-10,15H2,1H3,(H,16,18). The van der Waals surface area contributed by atoms with E-state index in [0.29, 0.717) is 31.1 Å². The van der Waals surface area contributed by atoms with Crippen molar-refractivity contribution < 1.29 is 4.79 Å². The fourth-order valence-electron chi connectivity index (χ4n) is 3.34. The zero-order valence-electron chi connectivity index (χ0n) is 11.5. The number of hydrogen-bond acceptors (Lipinski definition) is 3. The number of hydrogen-bond donors (Lipinski definition) is 2. The van der Waals surface area contributed by atoms with E-state index in [0.717, 1.165) is 19.4 Å². The molecule has 4 heteroatoms. The Labute approximate surface area is 110 Å². The van der Waals surface area contributed by atoms with Gasteiger partial charge in [-0.05, 0) is 38.1 Å². The molecule has 0 aromatic rings. The lowest BCUT2D eigenvalue weighted by Gasteiger charge is -2.30. The fraction of sp³-hybridized carbons (Fsp3) is 0.929. The van der Waals surface area contributed by atoms with Crippen LogP contribution in [0.25, 0.3) is 0 Å². The van der Waals surface area contributed by atoms with Gasteiger partial charge in [0.05, 0.1) is 6.54 Å². The lowest BCUT2D eigenvalue weighted by atomic mass is 9.86. The molecule has 1 saturated heterocycles. The average Bonchev–Trinajstić information content (AvgIpc) is 2.79. The van der Waals surface area contributed by atoms with E-state index in [-0.39, 0.29) is 5.91 Å². The second-order valence-corrected chi connectivity index (χ2v) is 5.94. The second kappa shape index (κ2) is 6.53.